The van der Waals surface area contributed by atoms with Crippen molar-refractivity contribution in [2.75, 3.05) is 20.3 Å². The van der Waals surface area contributed by atoms with Crippen molar-refractivity contribution in [3.8, 4) is 27.8 Å². The first kappa shape index (κ1) is 20.9. The number of nitrogens with one attached hydrogen (secondary N) is 1. The van der Waals surface area contributed by atoms with Crippen LogP contribution in [0.4, 0.5) is 0 Å². The van der Waals surface area contributed by atoms with Gasteiger partial charge in [0.25, 0.3) is 0 Å². The smallest absolute Gasteiger partial charge is 0.244 e. The maximum absolute atomic E-state index is 12.5. The first-order valence-corrected chi connectivity index (χ1v) is 10.9. The first-order chi connectivity index (χ1) is 15.0. The third kappa shape index (κ3) is 4.72. The van der Waals surface area contributed by atoms with Gasteiger partial charge in [0.2, 0.25) is 11.7 Å². The van der Waals surface area contributed by atoms with Crippen LogP contribution < -0.4 is 19.5 Å². The zero-order chi connectivity index (χ0) is 21.8. The van der Waals surface area contributed by atoms with Gasteiger partial charge in [-0.05, 0) is 37.6 Å². The van der Waals surface area contributed by atoms with Crippen molar-refractivity contribution in [1.82, 2.24) is 10.3 Å². The van der Waals surface area contributed by atoms with Crippen molar-refractivity contribution in [3.63, 3.8) is 0 Å². The van der Waals surface area contributed by atoms with E-state index in [1.54, 1.807) is 24.5 Å². The van der Waals surface area contributed by atoms with Crippen LogP contribution in [0.2, 0.25) is 0 Å². The molecule has 2 heterocycles. The third-order valence-corrected chi connectivity index (χ3v) is 6.27. The van der Waals surface area contributed by atoms with Crippen molar-refractivity contribution in [2.24, 2.45) is 0 Å². The van der Waals surface area contributed by atoms with Gasteiger partial charge in [0, 0.05) is 11.6 Å². The van der Waals surface area contributed by atoms with E-state index in [1.807, 2.05) is 56.3 Å². The van der Waals surface area contributed by atoms with Crippen LogP contribution in [0, 0.1) is 6.92 Å². The maximum Gasteiger partial charge on any atom is 0.244 e. The summed E-state index contributed by atoms with van der Waals surface area (Å²) in [5.74, 6) is 1.61. The summed E-state index contributed by atoms with van der Waals surface area (Å²) in [4.78, 5) is 18.2. The summed E-state index contributed by atoms with van der Waals surface area (Å²) in [5, 5.41) is 3.97. The highest BCUT2D eigenvalue weighted by Gasteiger charge is 2.19. The third-order valence-electron chi connectivity index (χ3n) is 4.88. The first-order valence-electron chi connectivity index (χ1n) is 10.0. The van der Waals surface area contributed by atoms with Crippen molar-refractivity contribution in [1.29, 1.82) is 0 Å². The fourth-order valence-electron chi connectivity index (χ4n) is 3.40. The SMILES string of the molecule is COc1cc(C=CC(=O)NC(C)c2sc(-c3ccccc3)nc2C)cc2c1OCCO2. The number of carbonyl (C=O) groups is 1. The summed E-state index contributed by atoms with van der Waals surface area (Å²) in [5.41, 5.74) is 2.80. The minimum atomic E-state index is -0.185. The monoisotopic (exact) mass is 436 g/mol. The molecule has 1 unspecified atom stereocenters. The lowest BCUT2D eigenvalue weighted by Crippen LogP contribution is -2.24. The number of methoxy groups -OCH3 is 1. The van der Waals surface area contributed by atoms with Crippen LogP contribution in [0.1, 0.15) is 29.1 Å². The Hall–Kier alpha value is -3.32. The van der Waals surface area contributed by atoms with E-state index in [4.69, 9.17) is 14.2 Å². The van der Waals surface area contributed by atoms with Gasteiger partial charge in [-0.25, -0.2) is 4.98 Å². The van der Waals surface area contributed by atoms with Crippen molar-refractivity contribution in [2.45, 2.75) is 19.9 Å². The second-order valence-corrected chi connectivity index (χ2v) is 8.18. The number of aryl methyl sites for hydroxylation is 1. The van der Waals surface area contributed by atoms with Crippen molar-refractivity contribution >= 4 is 23.3 Å². The lowest BCUT2D eigenvalue weighted by molar-refractivity contribution is -0.117. The molecule has 4 rings (SSSR count). The average Bonchev–Trinajstić information content (AvgIpc) is 3.19. The standard InChI is InChI=1S/C24H24N2O4S/c1-15(23-16(2)26-24(31-23)18-7-5-4-6-8-18)25-21(27)10-9-17-13-19(28-3)22-20(14-17)29-11-12-30-22/h4-10,13-15H,11-12H2,1-3H3,(H,25,27). The molecule has 6 nitrogen and oxygen atoms in total. The summed E-state index contributed by atoms with van der Waals surface area (Å²) < 4.78 is 16.6. The van der Waals surface area contributed by atoms with Crippen LogP contribution in [-0.4, -0.2) is 31.2 Å². The Morgan fingerprint density at radius 3 is 2.77 bits per heavy atom. The molecule has 0 fully saturated rings. The van der Waals surface area contributed by atoms with Gasteiger partial charge in [-0.1, -0.05) is 30.3 Å². The second kappa shape index (κ2) is 9.22. The van der Waals surface area contributed by atoms with Crippen LogP contribution in [0.3, 0.4) is 0 Å². The molecule has 0 saturated carbocycles. The molecule has 0 aliphatic carbocycles. The van der Waals surface area contributed by atoms with Gasteiger partial charge < -0.3 is 19.5 Å². The summed E-state index contributed by atoms with van der Waals surface area (Å²) in [6, 6.07) is 13.6. The van der Waals surface area contributed by atoms with Gasteiger partial charge in [-0.15, -0.1) is 11.3 Å². The highest BCUT2D eigenvalue weighted by Crippen LogP contribution is 2.40. The molecule has 1 N–H and O–H groups in total. The molecule has 2 aromatic carbocycles. The van der Waals surface area contributed by atoms with E-state index in [1.165, 1.54) is 6.08 Å². The fourth-order valence-corrected chi connectivity index (χ4v) is 4.48. The van der Waals surface area contributed by atoms with Crippen molar-refractivity contribution in [3.05, 3.63) is 64.7 Å². The van der Waals surface area contributed by atoms with Gasteiger partial charge in [0.05, 0.1) is 23.7 Å². The number of rotatable bonds is 6. The Labute approximate surface area is 185 Å². The molecule has 1 aliphatic heterocycles. The predicted octanol–water partition coefficient (Wildman–Crippen LogP) is 4.79. The average molecular weight is 437 g/mol. The van der Waals surface area contributed by atoms with E-state index in [0.29, 0.717) is 30.5 Å². The molecular formula is C24H24N2O4S. The predicted molar refractivity (Wildman–Crippen MR) is 122 cm³/mol. The van der Waals surface area contributed by atoms with Crippen LogP contribution in [-0.2, 0) is 4.79 Å². The normalized spacial score (nSPS) is 13.8. The van der Waals surface area contributed by atoms with Crippen LogP contribution >= 0.6 is 11.3 Å². The highest BCUT2D eigenvalue weighted by atomic mass is 32.1. The van der Waals surface area contributed by atoms with Gasteiger partial charge in [0.15, 0.2) is 11.5 Å². The fraction of sp³-hybridized carbons (Fsp3) is 0.250. The van der Waals surface area contributed by atoms with Gasteiger partial charge in [-0.3, -0.25) is 4.79 Å². The van der Waals surface area contributed by atoms with Crippen LogP contribution in [0.5, 0.6) is 17.2 Å². The van der Waals surface area contributed by atoms with E-state index in [2.05, 4.69) is 10.3 Å². The number of carbonyl (C=O) groups excluding carboxylic acids is 1. The molecule has 31 heavy (non-hydrogen) atoms. The van der Waals surface area contributed by atoms with Gasteiger partial charge >= 0.3 is 0 Å². The maximum atomic E-state index is 12.5. The van der Waals surface area contributed by atoms with E-state index in [9.17, 15) is 4.79 Å². The summed E-state index contributed by atoms with van der Waals surface area (Å²) >= 11 is 1.60. The molecule has 3 aromatic rings. The molecule has 7 heteroatoms. The second-order valence-electron chi connectivity index (χ2n) is 7.15. The van der Waals surface area contributed by atoms with E-state index >= 15 is 0 Å². The van der Waals surface area contributed by atoms with Gasteiger partial charge in [0.1, 0.15) is 18.2 Å². The number of hydrogen-bond acceptors (Lipinski definition) is 6. The zero-order valence-electron chi connectivity index (χ0n) is 17.7. The Kier molecular flexibility index (Phi) is 6.23. The summed E-state index contributed by atoms with van der Waals surface area (Å²) in [6.07, 6.45) is 3.24. The molecule has 1 atom stereocenters. The Morgan fingerprint density at radius 1 is 1.23 bits per heavy atom. The molecule has 1 aromatic heterocycles. The molecule has 0 spiro atoms. The quantitative estimate of drug-likeness (QED) is 0.563. The summed E-state index contributed by atoms with van der Waals surface area (Å²) in [7, 11) is 1.58. The Balaban J connectivity index is 1.45. The number of aromatic nitrogens is 1. The number of nitrogens with zero attached hydrogens (tertiary/aromatic N) is 1. The Morgan fingerprint density at radius 2 is 2.00 bits per heavy atom. The molecule has 0 radical (unpaired) electrons. The van der Waals surface area contributed by atoms with Crippen LogP contribution in [0.15, 0.2) is 48.5 Å². The summed E-state index contributed by atoms with van der Waals surface area (Å²) in [6.45, 7) is 4.91. The van der Waals surface area contributed by atoms with E-state index in [0.717, 1.165) is 26.7 Å². The molecule has 0 saturated heterocycles. The molecule has 160 valence electrons. The van der Waals surface area contributed by atoms with Gasteiger partial charge in [-0.2, -0.15) is 0 Å². The number of ether oxygens (including phenoxy) is 3. The topological polar surface area (TPSA) is 69.7 Å². The number of thiazole rings is 1. The van der Waals surface area contributed by atoms with E-state index in [-0.39, 0.29) is 11.9 Å². The minimum Gasteiger partial charge on any atom is -0.493 e. The highest BCUT2D eigenvalue weighted by molar-refractivity contribution is 7.15. The Bertz CT molecular complexity index is 1090. The van der Waals surface area contributed by atoms with Crippen LogP contribution in [0.25, 0.3) is 16.6 Å². The van der Waals surface area contributed by atoms with Crippen molar-refractivity contribution < 1.29 is 19.0 Å². The molecule has 1 amide bonds. The number of hydrogen-bond donors (Lipinski definition) is 1. The van der Waals surface area contributed by atoms with E-state index < -0.39 is 0 Å². The lowest BCUT2D eigenvalue weighted by Gasteiger charge is -2.21. The minimum absolute atomic E-state index is 0.151. The number of fused-ring (bicyclic) bond motifs is 1. The largest absolute Gasteiger partial charge is 0.493 e. The lowest BCUT2D eigenvalue weighted by atomic mass is 10.1. The number of benzene rings is 2. The molecule has 0 bridgehead atoms. The molecular weight excluding hydrogens is 412 g/mol. The number of amides is 1. The molecule has 1 aliphatic rings. The zero-order valence-corrected chi connectivity index (χ0v) is 18.5.